The fourth-order valence-electron chi connectivity index (χ4n) is 6.69. The molecule has 2 aromatic carbocycles. The Morgan fingerprint density at radius 2 is 1.32 bits per heavy atom. The van der Waals surface area contributed by atoms with Crippen molar-refractivity contribution in [2.75, 3.05) is 0 Å². The molecule has 4 atom stereocenters. The molecule has 4 aliphatic rings. The highest BCUT2D eigenvalue weighted by molar-refractivity contribution is 5.73. The summed E-state index contributed by atoms with van der Waals surface area (Å²) < 4.78 is 0. The largest absolute Gasteiger partial charge is 0.0727 e. The van der Waals surface area contributed by atoms with Crippen molar-refractivity contribution in [2.24, 2.45) is 0 Å². The summed E-state index contributed by atoms with van der Waals surface area (Å²) in [6.45, 7) is 9.07. The Balaban J connectivity index is 1.71. The molecule has 0 heterocycles. The van der Waals surface area contributed by atoms with Gasteiger partial charge < -0.3 is 0 Å². The van der Waals surface area contributed by atoms with Gasteiger partial charge in [-0.3, -0.25) is 0 Å². The summed E-state index contributed by atoms with van der Waals surface area (Å²) in [6.07, 6.45) is 11.0. The first-order valence-electron chi connectivity index (χ1n) is 9.60. The van der Waals surface area contributed by atoms with Crippen LogP contribution in [0.3, 0.4) is 0 Å². The van der Waals surface area contributed by atoms with E-state index in [2.05, 4.69) is 76.3 Å². The van der Waals surface area contributed by atoms with E-state index in [1.807, 2.05) is 0 Å². The van der Waals surface area contributed by atoms with Crippen LogP contribution in [0.5, 0.6) is 0 Å². The van der Waals surface area contributed by atoms with Crippen LogP contribution >= 0.6 is 0 Å². The van der Waals surface area contributed by atoms with E-state index in [1.54, 1.807) is 22.3 Å². The third-order valence-corrected chi connectivity index (χ3v) is 8.02. The summed E-state index contributed by atoms with van der Waals surface area (Å²) in [5, 5.41) is 0. The van der Waals surface area contributed by atoms with E-state index in [9.17, 15) is 0 Å². The smallest absolute Gasteiger partial charge is 0.0344 e. The monoisotopic (exact) mass is 324 g/mol. The topological polar surface area (TPSA) is 0 Å². The van der Waals surface area contributed by atoms with Gasteiger partial charge in [0.15, 0.2) is 0 Å². The number of hydrogen-bond donors (Lipinski definition) is 0. The lowest BCUT2D eigenvalue weighted by molar-refractivity contribution is 0.292. The molecule has 0 aromatic heterocycles. The Morgan fingerprint density at radius 3 is 2.08 bits per heavy atom. The number of hydrogen-bond acceptors (Lipinski definition) is 0. The predicted octanol–water partition coefficient (Wildman–Crippen LogP) is 5.82. The molecule has 6 rings (SSSR count). The van der Waals surface area contributed by atoms with Crippen LogP contribution in [0.25, 0.3) is 0 Å². The van der Waals surface area contributed by atoms with Gasteiger partial charge in [0.1, 0.15) is 0 Å². The molecule has 2 aromatic rings. The average Bonchev–Trinajstić information content (AvgIpc) is 3.02. The lowest BCUT2D eigenvalue weighted by atomic mass is 9.43. The molecular formula is C25H24. The molecule has 0 amide bonds. The predicted molar refractivity (Wildman–Crippen MR) is 104 cm³/mol. The van der Waals surface area contributed by atoms with Crippen LogP contribution in [0.15, 0.2) is 48.6 Å². The van der Waals surface area contributed by atoms with Crippen molar-refractivity contribution >= 4 is 0 Å². The number of benzene rings is 2. The highest BCUT2D eigenvalue weighted by Gasteiger charge is 2.73. The van der Waals surface area contributed by atoms with Crippen molar-refractivity contribution in [3.63, 3.8) is 0 Å². The van der Waals surface area contributed by atoms with Crippen molar-refractivity contribution in [1.29, 1.82) is 0 Å². The van der Waals surface area contributed by atoms with Crippen molar-refractivity contribution in [1.82, 2.24) is 0 Å². The van der Waals surface area contributed by atoms with Gasteiger partial charge in [-0.2, -0.15) is 0 Å². The minimum atomic E-state index is 0.180. The van der Waals surface area contributed by atoms with Crippen LogP contribution in [-0.4, -0.2) is 0 Å². The second-order valence-electron chi connectivity index (χ2n) is 8.89. The second kappa shape index (κ2) is 4.01. The molecule has 0 heteroatoms. The van der Waals surface area contributed by atoms with Gasteiger partial charge in [-0.1, -0.05) is 48.6 Å². The fraction of sp³-hybridized carbons (Fsp3) is 0.360. The minimum absolute atomic E-state index is 0.180. The molecule has 1 saturated carbocycles. The minimum Gasteiger partial charge on any atom is -0.0727 e. The van der Waals surface area contributed by atoms with Crippen molar-refractivity contribution in [2.45, 2.75) is 56.8 Å². The van der Waals surface area contributed by atoms with E-state index < -0.39 is 0 Å². The first-order valence-corrected chi connectivity index (χ1v) is 9.60. The van der Waals surface area contributed by atoms with Gasteiger partial charge in [0.25, 0.3) is 0 Å². The maximum absolute atomic E-state index is 2.55. The van der Waals surface area contributed by atoms with Crippen LogP contribution in [0.1, 0.15) is 62.8 Å². The van der Waals surface area contributed by atoms with Gasteiger partial charge in [0, 0.05) is 16.7 Å². The van der Waals surface area contributed by atoms with Crippen molar-refractivity contribution in [3.05, 3.63) is 93.1 Å². The molecule has 2 bridgehead atoms. The lowest BCUT2D eigenvalue weighted by Crippen LogP contribution is -2.54. The summed E-state index contributed by atoms with van der Waals surface area (Å²) in [5.74, 6) is 1.34. The van der Waals surface area contributed by atoms with Gasteiger partial charge in [-0.15, -0.1) is 0 Å². The highest BCUT2D eigenvalue weighted by atomic mass is 14.7. The molecule has 0 radical (unpaired) electrons. The SMILES string of the molecule is Cc1cc2c(cc1C)C13C=CC=C[C@]14c1cc(C)c(C)cc1[C@@H]4C2C3. The van der Waals surface area contributed by atoms with Crippen LogP contribution in [0, 0.1) is 27.7 Å². The van der Waals surface area contributed by atoms with Gasteiger partial charge >= 0.3 is 0 Å². The third-order valence-electron chi connectivity index (χ3n) is 8.02. The van der Waals surface area contributed by atoms with E-state index in [1.165, 1.54) is 28.7 Å². The van der Waals surface area contributed by atoms with Crippen LogP contribution in [0.2, 0.25) is 0 Å². The van der Waals surface area contributed by atoms with Gasteiger partial charge in [-0.25, -0.2) is 0 Å². The average molecular weight is 324 g/mol. The molecule has 4 aliphatic carbocycles. The summed E-state index contributed by atoms with van der Waals surface area (Å²) in [5.41, 5.74) is 12.6. The molecular weight excluding hydrogens is 300 g/mol. The summed E-state index contributed by atoms with van der Waals surface area (Å²) >= 11 is 0. The standard InChI is InChI=1S/C25H24/c1-14-9-18-20-13-24(21(18)11-16(14)3)7-5-6-8-25(24)22-12-17(4)15(2)10-19(22)23(20)25/h5-12,20,23H,13H2,1-4H3/t20?,23-,24?,25-/m1/s1. The van der Waals surface area contributed by atoms with Crippen LogP contribution in [0.4, 0.5) is 0 Å². The molecule has 0 N–H and O–H groups in total. The number of fused-ring (bicyclic) bond motifs is 6. The number of rotatable bonds is 0. The van der Waals surface area contributed by atoms with E-state index in [4.69, 9.17) is 0 Å². The van der Waals surface area contributed by atoms with E-state index in [-0.39, 0.29) is 10.8 Å². The zero-order valence-corrected chi connectivity index (χ0v) is 15.5. The molecule has 2 unspecified atom stereocenters. The quantitative estimate of drug-likeness (QED) is 0.573. The molecule has 124 valence electrons. The number of aryl methyl sites for hydroxylation is 4. The normalized spacial score (nSPS) is 35.0. The Hall–Kier alpha value is -2.08. The van der Waals surface area contributed by atoms with Crippen LogP contribution in [-0.2, 0) is 10.8 Å². The summed E-state index contributed by atoms with van der Waals surface area (Å²) in [6, 6.07) is 9.99. The molecule has 0 saturated heterocycles. The lowest BCUT2D eigenvalue weighted by Gasteiger charge is -2.58. The maximum Gasteiger partial charge on any atom is 0.0344 e. The molecule has 25 heavy (non-hydrogen) atoms. The first-order chi connectivity index (χ1) is 12.0. The number of allylic oxidation sites excluding steroid dienone is 4. The summed E-state index contributed by atoms with van der Waals surface area (Å²) in [7, 11) is 0. The van der Waals surface area contributed by atoms with Crippen molar-refractivity contribution in [3.8, 4) is 0 Å². The maximum atomic E-state index is 2.55. The third kappa shape index (κ3) is 1.27. The zero-order valence-electron chi connectivity index (χ0n) is 15.5. The van der Waals surface area contributed by atoms with E-state index in [0.717, 1.165) is 0 Å². The van der Waals surface area contributed by atoms with E-state index in [0.29, 0.717) is 11.8 Å². The molecule has 0 aliphatic heterocycles. The Labute approximate surface area is 150 Å². The highest BCUT2D eigenvalue weighted by Crippen LogP contribution is 2.79. The molecule has 0 nitrogen and oxygen atoms in total. The van der Waals surface area contributed by atoms with Gasteiger partial charge in [-0.05, 0) is 84.5 Å². The summed E-state index contributed by atoms with van der Waals surface area (Å²) in [4.78, 5) is 0. The van der Waals surface area contributed by atoms with Gasteiger partial charge in [0.2, 0.25) is 0 Å². The molecule has 2 spiro atoms. The second-order valence-corrected chi connectivity index (χ2v) is 8.89. The van der Waals surface area contributed by atoms with Crippen LogP contribution < -0.4 is 0 Å². The Bertz CT molecular complexity index is 1020. The Morgan fingerprint density at radius 1 is 0.720 bits per heavy atom. The van der Waals surface area contributed by atoms with Crippen molar-refractivity contribution < 1.29 is 0 Å². The molecule has 1 fully saturated rings. The zero-order chi connectivity index (χ0) is 17.1. The van der Waals surface area contributed by atoms with E-state index >= 15 is 0 Å². The fourth-order valence-corrected chi connectivity index (χ4v) is 6.69. The Kier molecular flexibility index (Phi) is 2.27. The first kappa shape index (κ1) is 14.1. The van der Waals surface area contributed by atoms with Gasteiger partial charge in [0.05, 0.1) is 0 Å².